The second kappa shape index (κ2) is 7.47. The molecule has 0 spiro atoms. The maximum atomic E-state index is 13.8. The van der Waals surface area contributed by atoms with Crippen molar-refractivity contribution in [3.63, 3.8) is 0 Å². The fourth-order valence-electron chi connectivity index (χ4n) is 2.93. The number of amides is 3. The largest absolute Gasteiger partial charge is 0.345 e. The Morgan fingerprint density at radius 2 is 1.69 bits per heavy atom. The van der Waals surface area contributed by atoms with Crippen molar-refractivity contribution in [2.75, 3.05) is 0 Å². The summed E-state index contributed by atoms with van der Waals surface area (Å²) in [6, 6.07) is 12.5. The Hall–Kier alpha value is -3.02. The van der Waals surface area contributed by atoms with Crippen molar-refractivity contribution < 1.29 is 18.8 Å². The Kier molecular flexibility index (Phi) is 5.11. The van der Waals surface area contributed by atoms with Crippen LogP contribution in [0.4, 0.5) is 4.39 Å². The van der Waals surface area contributed by atoms with Gasteiger partial charge in [-0.05, 0) is 30.7 Å². The van der Waals surface area contributed by atoms with Gasteiger partial charge in [0.1, 0.15) is 5.82 Å². The molecule has 5 nitrogen and oxygen atoms in total. The second-order valence-electron chi connectivity index (χ2n) is 6.29. The number of imide groups is 1. The smallest absolute Gasteiger partial charge is 0.251 e. The Morgan fingerprint density at radius 1 is 1.08 bits per heavy atom. The van der Waals surface area contributed by atoms with Gasteiger partial charge in [0, 0.05) is 24.0 Å². The summed E-state index contributed by atoms with van der Waals surface area (Å²) in [5, 5.41) is 2.76. The lowest BCUT2D eigenvalue weighted by atomic mass is 10.1. The molecule has 0 saturated carbocycles. The van der Waals surface area contributed by atoms with Gasteiger partial charge in [-0.1, -0.05) is 30.3 Å². The molecule has 0 aliphatic carbocycles. The van der Waals surface area contributed by atoms with E-state index in [1.54, 1.807) is 49.4 Å². The van der Waals surface area contributed by atoms with Crippen molar-refractivity contribution in [1.82, 2.24) is 10.2 Å². The Morgan fingerprint density at radius 3 is 2.31 bits per heavy atom. The van der Waals surface area contributed by atoms with Gasteiger partial charge in [-0.2, -0.15) is 0 Å². The topological polar surface area (TPSA) is 66.5 Å². The van der Waals surface area contributed by atoms with Crippen molar-refractivity contribution in [2.45, 2.75) is 32.4 Å². The number of likely N-dealkylation sites (tertiary alicyclic amines) is 1. The maximum Gasteiger partial charge on any atom is 0.251 e. The average Bonchev–Trinajstić information content (AvgIpc) is 2.94. The van der Waals surface area contributed by atoms with Gasteiger partial charge in [-0.3, -0.25) is 19.3 Å². The van der Waals surface area contributed by atoms with Crippen molar-refractivity contribution in [3.8, 4) is 0 Å². The summed E-state index contributed by atoms with van der Waals surface area (Å²) >= 11 is 0. The van der Waals surface area contributed by atoms with Gasteiger partial charge < -0.3 is 5.32 Å². The Balaban J connectivity index is 1.64. The highest BCUT2D eigenvalue weighted by Crippen LogP contribution is 2.18. The van der Waals surface area contributed by atoms with Gasteiger partial charge in [0.2, 0.25) is 11.8 Å². The second-order valence-corrected chi connectivity index (χ2v) is 6.29. The van der Waals surface area contributed by atoms with Gasteiger partial charge >= 0.3 is 0 Å². The van der Waals surface area contributed by atoms with E-state index in [0.717, 1.165) is 5.56 Å². The Labute approximate surface area is 150 Å². The minimum absolute atomic E-state index is 0.171. The van der Waals surface area contributed by atoms with E-state index in [1.165, 1.54) is 11.0 Å². The predicted octanol–water partition coefficient (Wildman–Crippen LogP) is 2.97. The van der Waals surface area contributed by atoms with Crippen LogP contribution in [0.2, 0.25) is 0 Å². The van der Waals surface area contributed by atoms with Crippen LogP contribution < -0.4 is 5.32 Å². The molecule has 3 rings (SSSR count). The molecule has 0 aromatic heterocycles. The van der Waals surface area contributed by atoms with Crippen LogP contribution in [0.1, 0.15) is 47.3 Å². The van der Waals surface area contributed by atoms with Crippen molar-refractivity contribution in [2.24, 2.45) is 0 Å². The molecule has 0 radical (unpaired) electrons. The standard InChI is InChI=1S/C20H19FN2O3/c1-13(16-4-2-3-5-17(16)21)22-20(26)15-8-6-14(7-9-15)12-23-18(24)10-11-19(23)25/h2-9,13H,10-12H2,1H3,(H,22,26)/t13-/m0/s1. The zero-order chi connectivity index (χ0) is 18.7. The number of nitrogens with zero attached hydrogens (tertiary/aromatic N) is 1. The summed E-state index contributed by atoms with van der Waals surface area (Å²) in [5.74, 6) is -1.03. The summed E-state index contributed by atoms with van der Waals surface area (Å²) in [4.78, 5) is 36.9. The zero-order valence-electron chi connectivity index (χ0n) is 14.4. The molecule has 26 heavy (non-hydrogen) atoms. The lowest BCUT2D eigenvalue weighted by molar-refractivity contribution is -0.139. The van der Waals surface area contributed by atoms with Gasteiger partial charge in [0.05, 0.1) is 12.6 Å². The molecular weight excluding hydrogens is 335 g/mol. The van der Waals surface area contributed by atoms with Gasteiger partial charge in [-0.25, -0.2) is 4.39 Å². The molecule has 1 atom stereocenters. The lowest BCUT2D eigenvalue weighted by Gasteiger charge is -2.16. The van der Waals surface area contributed by atoms with E-state index in [2.05, 4.69) is 5.32 Å². The Bertz CT molecular complexity index is 832. The minimum atomic E-state index is -0.469. The number of hydrogen-bond acceptors (Lipinski definition) is 3. The van der Waals surface area contributed by atoms with Crippen LogP contribution >= 0.6 is 0 Å². The predicted molar refractivity (Wildman–Crippen MR) is 93.5 cm³/mol. The first-order valence-corrected chi connectivity index (χ1v) is 8.43. The van der Waals surface area contributed by atoms with Crippen LogP contribution in [0.5, 0.6) is 0 Å². The van der Waals surface area contributed by atoms with Crippen LogP contribution in [0.15, 0.2) is 48.5 Å². The fraction of sp³-hybridized carbons (Fsp3) is 0.250. The van der Waals surface area contributed by atoms with Gasteiger partial charge in [0.25, 0.3) is 5.91 Å². The summed E-state index contributed by atoms with van der Waals surface area (Å²) in [6.07, 6.45) is 0.514. The van der Waals surface area contributed by atoms with Gasteiger partial charge in [0.15, 0.2) is 0 Å². The summed E-state index contributed by atoms with van der Waals surface area (Å²) < 4.78 is 13.8. The molecule has 1 N–H and O–H groups in total. The van der Waals surface area contributed by atoms with Crippen LogP contribution in [-0.4, -0.2) is 22.6 Å². The van der Waals surface area contributed by atoms with Gasteiger partial charge in [-0.15, -0.1) is 0 Å². The first-order chi connectivity index (χ1) is 12.5. The third-order valence-electron chi connectivity index (χ3n) is 4.43. The quantitative estimate of drug-likeness (QED) is 0.840. The minimum Gasteiger partial charge on any atom is -0.345 e. The molecule has 1 fully saturated rings. The molecular formula is C20H19FN2O3. The third-order valence-corrected chi connectivity index (χ3v) is 4.43. The number of carbonyl (C=O) groups excluding carboxylic acids is 3. The monoisotopic (exact) mass is 354 g/mol. The molecule has 1 saturated heterocycles. The average molecular weight is 354 g/mol. The van der Waals surface area contributed by atoms with Crippen LogP contribution in [0, 0.1) is 5.82 Å². The van der Waals surface area contributed by atoms with E-state index in [-0.39, 0.29) is 42.9 Å². The maximum absolute atomic E-state index is 13.8. The first kappa shape index (κ1) is 17.8. The number of benzene rings is 2. The van der Waals surface area contributed by atoms with E-state index < -0.39 is 6.04 Å². The number of carbonyl (C=O) groups is 3. The normalized spacial score (nSPS) is 15.2. The molecule has 1 aliphatic rings. The van der Waals surface area contributed by atoms with Crippen molar-refractivity contribution >= 4 is 17.7 Å². The summed E-state index contributed by atoms with van der Waals surface area (Å²) in [6.45, 7) is 1.93. The van der Waals surface area contributed by atoms with Crippen molar-refractivity contribution in [3.05, 3.63) is 71.0 Å². The first-order valence-electron chi connectivity index (χ1n) is 8.43. The molecule has 2 aromatic carbocycles. The molecule has 6 heteroatoms. The number of hydrogen-bond donors (Lipinski definition) is 1. The highest BCUT2D eigenvalue weighted by molar-refractivity contribution is 6.01. The molecule has 3 amide bonds. The van der Waals surface area contributed by atoms with Crippen LogP contribution in [0.3, 0.4) is 0 Å². The lowest BCUT2D eigenvalue weighted by Crippen LogP contribution is -2.28. The SMILES string of the molecule is C[C@H](NC(=O)c1ccc(CN2C(=O)CCC2=O)cc1)c1ccccc1F. The molecule has 2 aromatic rings. The number of halogens is 1. The molecule has 0 unspecified atom stereocenters. The van der Waals surface area contributed by atoms with E-state index in [1.807, 2.05) is 0 Å². The fourth-order valence-corrected chi connectivity index (χ4v) is 2.93. The molecule has 0 bridgehead atoms. The highest BCUT2D eigenvalue weighted by Gasteiger charge is 2.28. The number of nitrogens with one attached hydrogen (secondary N) is 1. The molecule has 1 aliphatic heterocycles. The van der Waals surface area contributed by atoms with Crippen LogP contribution in [0.25, 0.3) is 0 Å². The highest BCUT2D eigenvalue weighted by atomic mass is 19.1. The van der Waals surface area contributed by atoms with E-state index in [0.29, 0.717) is 11.1 Å². The van der Waals surface area contributed by atoms with E-state index in [9.17, 15) is 18.8 Å². The van der Waals surface area contributed by atoms with Crippen molar-refractivity contribution in [1.29, 1.82) is 0 Å². The molecule has 1 heterocycles. The summed E-state index contributed by atoms with van der Waals surface area (Å²) in [7, 11) is 0. The number of rotatable bonds is 5. The van der Waals surface area contributed by atoms with Crippen LogP contribution in [-0.2, 0) is 16.1 Å². The summed E-state index contributed by atoms with van der Waals surface area (Å²) in [5.41, 5.74) is 1.62. The van der Waals surface area contributed by atoms with E-state index in [4.69, 9.17) is 0 Å². The molecule has 134 valence electrons. The zero-order valence-corrected chi connectivity index (χ0v) is 14.4. The van der Waals surface area contributed by atoms with E-state index >= 15 is 0 Å². The third kappa shape index (κ3) is 3.79.